The SMILES string of the molecule is Cc1cc(CCCCCNCC(C)C)c(F)cc1F. The van der Waals surface area contributed by atoms with Crippen LogP contribution < -0.4 is 5.32 Å². The largest absolute Gasteiger partial charge is 0.316 e. The van der Waals surface area contributed by atoms with Crippen molar-refractivity contribution in [3.8, 4) is 0 Å². The third kappa shape index (κ3) is 6.15. The van der Waals surface area contributed by atoms with Crippen LogP contribution in [0.2, 0.25) is 0 Å². The Kier molecular flexibility index (Phi) is 7.00. The highest BCUT2D eigenvalue weighted by atomic mass is 19.1. The molecule has 1 aromatic carbocycles. The van der Waals surface area contributed by atoms with E-state index in [0.717, 1.165) is 38.4 Å². The van der Waals surface area contributed by atoms with Crippen LogP contribution >= 0.6 is 0 Å². The quantitative estimate of drug-likeness (QED) is 0.696. The first-order valence-electron chi connectivity index (χ1n) is 7.16. The molecule has 0 aliphatic rings. The van der Waals surface area contributed by atoms with E-state index in [1.807, 2.05) is 0 Å². The molecular formula is C16H25F2N. The monoisotopic (exact) mass is 269 g/mol. The van der Waals surface area contributed by atoms with Gasteiger partial charge in [-0.2, -0.15) is 0 Å². The second-order valence-electron chi connectivity index (χ2n) is 5.60. The van der Waals surface area contributed by atoms with Gasteiger partial charge < -0.3 is 5.32 Å². The van der Waals surface area contributed by atoms with E-state index in [1.54, 1.807) is 13.0 Å². The Balaban J connectivity index is 2.21. The van der Waals surface area contributed by atoms with Crippen LogP contribution in [0.3, 0.4) is 0 Å². The predicted molar refractivity (Wildman–Crippen MR) is 76.4 cm³/mol. The lowest BCUT2D eigenvalue weighted by atomic mass is 10.0. The van der Waals surface area contributed by atoms with Gasteiger partial charge in [0.15, 0.2) is 0 Å². The van der Waals surface area contributed by atoms with E-state index in [1.165, 1.54) is 0 Å². The van der Waals surface area contributed by atoms with Crippen LogP contribution in [0.4, 0.5) is 8.78 Å². The molecule has 0 fully saturated rings. The number of rotatable bonds is 8. The number of aryl methyl sites for hydroxylation is 2. The number of nitrogens with one attached hydrogen (secondary N) is 1. The molecule has 1 N–H and O–H groups in total. The summed E-state index contributed by atoms with van der Waals surface area (Å²) in [5.74, 6) is -0.198. The minimum absolute atomic E-state index is 0.416. The lowest BCUT2D eigenvalue weighted by Crippen LogP contribution is -2.20. The predicted octanol–water partition coefficient (Wildman–Crippen LogP) is 4.23. The van der Waals surface area contributed by atoms with E-state index < -0.39 is 11.6 Å². The zero-order chi connectivity index (χ0) is 14.3. The van der Waals surface area contributed by atoms with Gasteiger partial charge >= 0.3 is 0 Å². The average molecular weight is 269 g/mol. The maximum atomic E-state index is 13.5. The van der Waals surface area contributed by atoms with Crippen LogP contribution in [0.25, 0.3) is 0 Å². The smallest absolute Gasteiger partial charge is 0.129 e. The number of hydrogen-bond acceptors (Lipinski definition) is 1. The van der Waals surface area contributed by atoms with Crippen molar-refractivity contribution in [1.29, 1.82) is 0 Å². The molecule has 0 aliphatic heterocycles. The van der Waals surface area contributed by atoms with Gasteiger partial charge in [0, 0.05) is 6.07 Å². The average Bonchev–Trinajstić information content (AvgIpc) is 2.33. The van der Waals surface area contributed by atoms with Crippen LogP contribution in [0.5, 0.6) is 0 Å². The summed E-state index contributed by atoms with van der Waals surface area (Å²) >= 11 is 0. The van der Waals surface area contributed by atoms with Crippen molar-refractivity contribution < 1.29 is 8.78 Å². The van der Waals surface area contributed by atoms with Gasteiger partial charge in [-0.05, 0) is 56.3 Å². The Labute approximate surface area is 115 Å². The van der Waals surface area contributed by atoms with Gasteiger partial charge in [-0.15, -0.1) is 0 Å². The highest BCUT2D eigenvalue weighted by Crippen LogP contribution is 2.16. The minimum atomic E-state index is -0.459. The first kappa shape index (κ1) is 16.1. The number of benzene rings is 1. The maximum absolute atomic E-state index is 13.5. The molecule has 0 saturated carbocycles. The number of halogens is 2. The molecular weight excluding hydrogens is 244 g/mol. The molecule has 1 rings (SSSR count). The van der Waals surface area contributed by atoms with E-state index in [9.17, 15) is 8.78 Å². The van der Waals surface area contributed by atoms with E-state index in [4.69, 9.17) is 0 Å². The van der Waals surface area contributed by atoms with Crippen molar-refractivity contribution in [3.63, 3.8) is 0 Å². The molecule has 0 unspecified atom stereocenters. The summed E-state index contributed by atoms with van der Waals surface area (Å²) in [7, 11) is 0. The zero-order valence-corrected chi connectivity index (χ0v) is 12.2. The highest BCUT2D eigenvalue weighted by Gasteiger charge is 2.06. The lowest BCUT2D eigenvalue weighted by molar-refractivity contribution is 0.526. The first-order chi connectivity index (χ1) is 9.00. The Morgan fingerprint density at radius 3 is 2.47 bits per heavy atom. The third-order valence-electron chi connectivity index (χ3n) is 3.18. The van der Waals surface area contributed by atoms with Crippen molar-refractivity contribution in [2.75, 3.05) is 13.1 Å². The molecule has 3 heteroatoms. The van der Waals surface area contributed by atoms with Crippen molar-refractivity contribution in [2.24, 2.45) is 5.92 Å². The van der Waals surface area contributed by atoms with Gasteiger partial charge in [0.2, 0.25) is 0 Å². The zero-order valence-electron chi connectivity index (χ0n) is 12.2. The molecule has 0 aromatic heterocycles. The van der Waals surface area contributed by atoms with Gasteiger partial charge in [0.25, 0.3) is 0 Å². The lowest BCUT2D eigenvalue weighted by Gasteiger charge is -2.08. The summed E-state index contributed by atoms with van der Waals surface area (Å²) in [6.45, 7) is 8.11. The molecule has 1 nitrogen and oxygen atoms in total. The van der Waals surface area contributed by atoms with Gasteiger partial charge in [-0.3, -0.25) is 0 Å². The van der Waals surface area contributed by atoms with Gasteiger partial charge in [0.1, 0.15) is 11.6 Å². The van der Waals surface area contributed by atoms with Crippen LogP contribution in [0, 0.1) is 24.5 Å². The van der Waals surface area contributed by atoms with Crippen LogP contribution in [-0.4, -0.2) is 13.1 Å². The third-order valence-corrected chi connectivity index (χ3v) is 3.18. The summed E-state index contributed by atoms with van der Waals surface area (Å²) < 4.78 is 26.6. The second kappa shape index (κ2) is 8.26. The molecule has 0 aliphatic carbocycles. The summed E-state index contributed by atoms with van der Waals surface area (Å²) in [5, 5.41) is 3.39. The van der Waals surface area contributed by atoms with Crippen LogP contribution in [0.1, 0.15) is 44.2 Å². The molecule has 19 heavy (non-hydrogen) atoms. The molecule has 0 amide bonds. The standard InChI is InChI=1S/C16H25F2N/c1-12(2)11-19-8-6-4-5-7-14-9-13(3)15(17)10-16(14)18/h9-10,12,19H,4-8,11H2,1-3H3. The molecule has 0 bridgehead atoms. The molecule has 0 spiro atoms. The Morgan fingerprint density at radius 1 is 1.05 bits per heavy atom. The Bertz CT molecular complexity index is 389. The molecule has 108 valence electrons. The first-order valence-corrected chi connectivity index (χ1v) is 7.16. The number of hydrogen-bond donors (Lipinski definition) is 1. The van der Waals surface area contributed by atoms with Crippen molar-refractivity contribution in [1.82, 2.24) is 5.32 Å². The topological polar surface area (TPSA) is 12.0 Å². The fourth-order valence-corrected chi connectivity index (χ4v) is 2.04. The molecule has 1 aromatic rings. The maximum Gasteiger partial charge on any atom is 0.129 e. The van der Waals surface area contributed by atoms with Crippen LogP contribution in [-0.2, 0) is 6.42 Å². The fraction of sp³-hybridized carbons (Fsp3) is 0.625. The fourth-order valence-electron chi connectivity index (χ4n) is 2.04. The molecule has 0 saturated heterocycles. The summed E-state index contributed by atoms with van der Waals surface area (Å²) in [6, 6.07) is 2.62. The van der Waals surface area contributed by atoms with E-state index in [-0.39, 0.29) is 0 Å². The Morgan fingerprint density at radius 2 is 1.79 bits per heavy atom. The van der Waals surface area contributed by atoms with Crippen molar-refractivity contribution in [2.45, 2.75) is 46.5 Å². The van der Waals surface area contributed by atoms with Crippen molar-refractivity contribution >= 4 is 0 Å². The van der Waals surface area contributed by atoms with Crippen LogP contribution in [0.15, 0.2) is 12.1 Å². The summed E-state index contributed by atoms with van der Waals surface area (Å²) in [5.41, 5.74) is 1.16. The van der Waals surface area contributed by atoms with Gasteiger partial charge in [-0.1, -0.05) is 26.3 Å². The van der Waals surface area contributed by atoms with E-state index >= 15 is 0 Å². The van der Waals surface area contributed by atoms with E-state index in [0.29, 0.717) is 23.5 Å². The van der Waals surface area contributed by atoms with Gasteiger partial charge in [0.05, 0.1) is 0 Å². The molecule has 0 atom stereocenters. The van der Waals surface area contributed by atoms with Crippen molar-refractivity contribution in [3.05, 3.63) is 34.9 Å². The normalized spacial score (nSPS) is 11.3. The highest BCUT2D eigenvalue weighted by molar-refractivity contribution is 5.25. The summed E-state index contributed by atoms with van der Waals surface area (Å²) in [4.78, 5) is 0. The minimum Gasteiger partial charge on any atom is -0.316 e. The molecule has 0 heterocycles. The van der Waals surface area contributed by atoms with E-state index in [2.05, 4.69) is 19.2 Å². The van der Waals surface area contributed by atoms with Gasteiger partial charge in [-0.25, -0.2) is 8.78 Å². The second-order valence-corrected chi connectivity index (χ2v) is 5.60. The summed E-state index contributed by atoms with van der Waals surface area (Å²) in [6.07, 6.45) is 3.82. The molecule has 0 radical (unpaired) electrons. The number of unbranched alkanes of at least 4 members (excludes halogenated alkanes) is 2. The Hall–Kier alpha value is -0.960.